The lowest BCUT2D eigenvalue weighted by atomic mass is 10.1. The van der Waals surface area contributed by atoms with Gasteiger partial charge in [-0.1, -0.05) is 18.5 Å². The summed E-state index contributed by atoms with van der Waals surface area (Å²) in [6, 6.07) is 12.2. The van der Waals surface area contributed by atoms with Crippen molar-refractivity contribution in [3.8, 4) is 17.2 Å². The quantitative estimate of drug-likeness (QED) is 0.282. The average molecular weight is 371 g/mol. The predicted molar refractivity (Wildman–Crippen MR) is 104 cm³/mol. The normalized spacial score (nSPS) is 11.0. The SMILES string of the molecule is CCCCOc1ccc(C(=O)ON=C(C)c2ccc(OC)c(OC)c2)cc1. The fourth-order valence-corrected chi connectivity index (χ4v) is 2.30. The smallest absolute Gasteiger partial charge is 0.365 e. The first kappa shape index (κ1) is 20.3. The van der Waals surface area contributed by atoms with Crippen LogP contribution in [0.15, 0.2) is 47.6 Å². The number of rotatable bonds is 9. The Morgan fingerprint density at radius 3 is 2.26 bits per heavy atom. The fraction of sp³-hybridized carbons (Fsp3) is 0.333. The van der Waals surface area contributed by atoms with Gasteiger partial charge >= 0.3 is 5.97 Å². The summed E-state index contributed by atoms with van der Waals surface area (Å²) in [6.45, 7) is 4.52. The second-order valence-electron chi connectivity index (χ2n) is 5.85. The molecule has 0 heterocycles. The van der Waals surface area contributed by atoms with Crippen LogP contribution in [0, 0.1) is 0 Å². The largest absolute Gasteiger partial charge is 0.494 e. The van der Waals surface area contributed by atoms with Gasteiger partial charge in [-0.05, 0) is 55.8 Å². The van der Waals surface area contributed by atoms with Crippen molar-refractivity contribution in [1.82, 2.24) is 0 Å². The van der Waals surface area contributed by atoms with Crippen LogP contribution in [0.1, 0.15) is 42.6 Å². The van der Waals surface area contributed by atoms with E-state index in [1.54, 1.807) is 57.5 Å². The van der Waals surface area contributed by atoms with Gasteiger partial charge in [-0.3, -0.25) is 0 Å². The molecule has 6 heteroatoms. The number of hydrogen-bond donors (Lipinski definition) is 0. The molecule has 0 atom stereocenters. The van der Waals surface area contributed by atoms with Gasteiger partial charge in [0.2, 0.25) is 0 Å². The van der Waals surface area contributed by atoms with Gasteiger partial charge in [0.1, 0.15) is 5.75 Å². The zero-order chi connectivity index (χ0) is 19.6. The minimum Gasteiger partial charge on any atom is -0.494 e. The maximum absolute atomic E-state index is 12.2. The van der Waals surface area contributed by atoms with Gasteiger partial charge in [-0.2, -0.15) is 0 Å². The van der Waals surface area contributed by atoms with E-state index in [2.05, 4.69) is 12.1 Å². The van der Waals surface area contributed by atoms with Crippen LogP contribution in [0.25, 0.3) is 0 Å². The first-order valence-corrected chi connectivity index (χ1v) is 8.80. The van der Waals surface area contributed by atoms with E-state index in [0.29, 0.717) is 29.4 Å². The number of oxime groups is 1. The van der Waals surface area contributed by atoms with E-state index in [1.165, 1.54) is 0 Å². The lowest BCUT2D eigenvalue weighted by Crippen LogP contribution is -2.04. The van der Waals surface area contributed by atoms with Crippen LogP contribution in [-0.4, -0.2) is 32.5 Å². The van der Waals surface area contributed by atoms with Gasteiger partial charge < -0.3 is 19.0 Å². The van der Waals surface area contributed by atoms with Crippen LogP contribution in [0.3, 0.4) is 0 Å². The number of methoxy groups -OCH3 is 2. The summed E-state index contributed by atoms with van der Waals surface area (Å²) < 4.78 is 16.1. The molecule has 0 aliphatic rings. The van der Waals surface area contributed by atoms with Crippen molar-refractivity contribution >= 4 is 11.7 Å². The summed E-state index contributed by atoms with van der Waals surface area (Å²) >= 11 is 0. The molecule has 0 bridgehead atoms. The first-order valence-electron chi connectivity index (χ1n) is 8.80. The van der Waals surface area contributed by atoms with Crippen LogP contribution in [0.4, 0.5) is 0 Å². The third-order valence-corrected chi connectivity index (χ3v) is 3.92. The Balaban J connectivity index is 2.00. The summed E-state index contributed by atoms with van der Waals surface area (Å²) in [4.78, 5) is 17.2. The van der Waals surface area contributed by atoms with Gasteiger partial charge in [0, 0.05) is 5.56 Å². The molecule has 0 unspecified atom stereocenters. The van der Waals surface area contributed by atoms with Gasteiger partial charge in [0.15, 0.2) is 11.5 Å². The molecule has 0 aromatic heterocycles. The van der Waals surface area contributed by atoms with Gasteiger partial charge in [0.25, 0.3) is 0 Å². The number of carbonyl (C=O) groups is 1. The van der Waals surface area contributed by atoms with E-state index in [1.807, 2.05) is 6.07 Å². The molecule has 0 spiro atoms. The molecule has 0 saturated carbocycles. The van der Waals surface area contributed by atoms with Crippen molar-refractivity contribution in [2.24, 2.45) is 5.16 Å². The third kappa shape index (κ3) is 5.74. The van der Waals surface area contributed by atoms with E-state index in [9.17, 15) is 4.79 Å². The van der Waals surface area contributed by atoms with Crippen LogP contribution in [0.2, 0.25) is 0 Å². The Hall–Kier alpha value is -3.02. The molecule has 2 aromatic rings. The second kappa shape index (κ2) is 10.2. The molecule has 0 aliphatic carbocycles. The summed E-state index contributed by atoms with van der Waals surface area (Å²) in [7, 11) is 3.13. The molecule has 0 aliphatic heterocycles. The van der Waals surface area contributed by atoms with Crippen LogP contribution < -0.4 is 14.2 Å². The number of benzene rings is 2. The highest BCUT2D eigenvalue weighted by Crippen LogP contribution is 2.27. The molecule has 144 valence electrons. The Bertz CT molecular complexity index is 784. The predicted octanol–water partition coefficient (Wildman–Crippen LogP) is 4.46. The van der Waals surface area contributed by atoms with Crippen molar-refractivity contribution in [3.05, 3.63) is 53.6 Å². The monoisotopic (exact) mass is 371 g/mol. The minimum absolute atomic E-state index is 0.404. The van der Waals surface area contributed by atoms with Crippen molar-refractivity contribution in [1.29, 1.82) is 0 Å². The molecular weight excluding hydrogens is 346 g/mol. The molecular formula is C21H25NO5. The Morgan fingerprint density at radius 1 is 0.963 bits per heavy atom. The molecule has 2 aromatic carbocycles. The number of carbonyl (C=O) groups excluding carboxylic acids is 1. The molecule has 6 nitrogen and oxygen atoms in total. The molecule has 0 radical (unpaired) electrons. The fourth-order valence-electron chi connectivity index (χ4n) is 2.30. The maximum Gasteiger partial charge on any atom is 0.365 e. The zero-order valence-electron chi connectivity index (χ0n) is 16.2. The van der Waals surface area contributed by atoms with Crippen molar-refractivity contribution in [3.63, 3.8) is 0 Å². The van der Waals surface area contributed by atoms with E-state index in [0.717, 1.165) is 24.2 Å². The standard InChI is InChI=1S/C21H25NO5/c1-5-6-13-26-18-10-7-16(8-11-18)21(23)27-22-15(2)17-9-12-19(24-3)20(14-17)25-4/h7-12,14H,5-6,13H2,1-4H3. The number of ether oxygens (including phenoxy) is 3. The first-order chi connectivity index (χ1) is 13.1. The number of hydrogen-bond acceptors (Lipinski definition) is 6. The van der Waals surface area contributed by atoms with Crippen molar-refractivity contribution in [2.75, 3.05) is 20.8 Å². The highest BCUT2D eigenvalue weighted by molar-refractivity contribution is 5.99. The Kier molecular flexibility index (Phi) is 7.67. The van der Waals surface area contributed by atoms with E-state index in [-0.39, 0.29) is 0 Å². The Labute approximate surface area is 159 Å². The molecule has 27 heavy (non-hydrogen) atoms. The van der Waals surface area contributed by atoms with Gasteiger partial charge in [-0.15, -0.1) is 0 Å². The highest BCUT2D eigenvalue weighted by Gasteiger charge is 2.10. The molecule has 0 amide bonds. The molecule has 2 rings (SSSR count). The summed E-state index contributed by atoms with van der Waals surface area (Å²) in [5, 5.41) is 3.92. The Morgan fingerprint density at radius 2 is 1.63 bits per heavy atom. The number of nitrogens with zero attached hydrogens (tertiary/aromatic N) is 1. The molecule has 0 fully saturated rings. The van der Waals surface area contributed by atoms with Gasteiger partial charge in [0.05, 0.1) is 32.1 Å². The zero-order valence-corrected chi connectivity index (χ0v) is 16.2. The van der Waals surface area contributed by atoms with E-state index < -0.39 is 5.97 Å². The van der Waals surface area contributed by atoms with E-state index >= 15 is 0 Å². The van der Waals surface area contributed by atoms with Crippen LogP contribution in [-0.2, 0) is 4.84 Å². The van der Waals surface area contributed by atoms with Crippen molar-refractivity contribution in [2.45, 2.75) is 26.7 Å². The lowest BCUT2D eigenvalue weighted by Gasteiger charge is -2.09. The topological polar surface area (TPSA) is 66.4 Å². The molecule has 0 saturated heterocycles. The number of unbranched alkanes of at least 4 members (excludes halogenated alkanes) is 1. The van der Waals surface area contributed by atoms with E-state index in [4.69, 9.17) is 19.0 Å². The summed E-state index contributed by atoms with van der Waals surface area (Å²) in [5.41, 5.74) is 1.71. The maximum atomic E-state index is 12.2. The average Bonchev–Trinajstić information content (AvgIpc) is 2.71. The summed E-state index contributed by atoms with van der Waals surface area (Å²) in [6.07, 6.45) is 2.07. The second-order valence-corrected chi connectivity index (χ2v) is 5.85. The highest BCUT2D eigenvalue weighted by atomic mass is 16.7. The summed E-state index contributed by atoms with van der Waals surface area (Å²) in [5.74, 6) is 1.39. The minimum atomic E-state index is -0.532. The molecule has 0 N–H and O–H groups in total. The van der Waals surface area contributed by atoms with Gasteiger partial charge in [-0.25, -0.2) is 4.79 Å². The lowest BCUT2D eigenvalue weighted by molar-refractivity contribution is 0.0516. The van der Waals surface area contributed by atoms with Crippen LogP contribution in [0.5, 0.6) is 17.2 Å². The third-order valence-electron chi connectivity index (χ3n) is 3.92. The van der Waals surface area contributed by atoms with Crippen LogP contribution >= 0.6 is 0 Å². The van der Waals surface area contributed by atoms with Crippen molar-refractivity contribution < 1.29 is 23.8 Å².